The monoisotopic (exact) mass is 720 g/mol. The smallest absolute Gasteiger partial charge is 0.434 e. The van der Waals surface area contributed by atoms with Crippen molar-refractivity contribution in [2.45, 2.75) is 58.1 Å². The van der Waals surface area contributed by atoms with Gasteiger partial charge in [-0.1, -0.05) is 73.5 Å². The number of halogens is 1. The predicted molar refractivity (Wildman–Crippen MR) is 168 cm³/mol. The normalized spacial score (nSPS) is 12.0. The van der Waals surface area contributed by atoms with Gasteiger partial charge >= 0.3 is 12.1 Å². The van der Waals surface area contributed by atoms with Crippen molar-refractivity contribution in [3.63, 3.8) is 0 Å². The minimum absolute atomic E-state index is 0.0116. The molecule has 0 spiro atoms. The first kappa shape index (κ1) is 38.2. The van der Waals surface area contributed by atoms with Gasteiger partial charge in [-0.25, -0.2) is 29.3 Å². The van der Waals surface area contributed by atoms with E-state index in [4.69, 9.17) is 46.6 Å². The number of aromatic amines is 1. The molecule has 0 amide bonds. The van der Waals surface area contributed by atoms with Crippen molar-refractivity contribution in [2.24, 2.45) is 0 Å². The van der Waals surface area contributed by atoms with Crippen molar-refractivity contribution in [1.82, 2.24) is 41.0 Å². The summed E-state index contributed by atoms with van der Waals surface area (Å²) in [7, 11) is 0. The van der Waals surface area contributed by atoms with Crippen molar-refractivity contribution < 1.29 is 54.3 Å². The van der Waals surface area contributed by atoms with Crippen LogP contribution in [0.5, 0.6) is 0 Å². The minimum atomic E-state index is -1.09. The molecule has 2 aromatic carbocycles. The summed E-state index contributed by atoms with van der Waals surface area (Å²) >= 11 is 6.43. The van der Waals surface area contributed by atoms with E-state index in [1.165, 1.54) is 0 Å². The molecule has 2 heterocycles. The molecule has 20 heteroatoms. The van der Waals surface area contributed by atoms with Crippen LogP contribution in [0.15, 0.2) is 48.5 Å². The number of benzene rings is 2. The van der Waals surface area contributed by atoms with Crippen LogP contribution >= 0.6 is 11.6 Å². The standard InChI is InChI=1S/C30H37ClN8O11/c1-2-3-11-25-32-27(31)26(29(40)47-19-48-30(41)46-16-7-6-8-22(50-39(44)45)18-49-38(42)43)37(25)17-20-12-14-21(15-13-20)23-9-4-5-10-24(23)28-33-35-36-34-28/h4-5,9-10,12-15,22,42-45H,2-3,6-8,11,16-19H2,1H3,(H,33,34,35,36)/t22-/m1/s1. The summed E-state index contributed by atoms with van der Waals surface area (Å²) in [5, 5.41) is 47.9. The van der Waals surface area contributed by atoms with E-state index in [9.17, 15) is 9.59 Å². The van der Waals surface area contributed by atoms with E-state index in [2.05, 4.69) is 35.3 Å². The fourth-order valence-electron chi connectivity index (χ4n) is 4.86. The minimum Gasteiger partial charge on any atom is -0.434 e. The maximum absolute atomic E-state index is 13.2. The highest BCUT2D eigenvalue weighted by molar-refractivity contribution is 6.32. The van der Waals surface area contributed by atoms with E-state index in [1.807, 2.05) is 55.5 Å². The Morgan fingerprint density at radius 2 is 1.72 bits per heavy atom. The van der Waals surface area contributed by atoms with E-state index < -0.39 is 42.4 Å². The van der Waals surface area contributed by atoms with Gasteiger partial charge in [0.1, 0.15) is 18.5 Å². The van der Waals surface area contributed by atoms with Gasteiger partial charge in [0.05, 0.1) is 17.4 Å². The Labute approximate surface area is 290 Å². The van der Waals surface area contributed by atoms with Crippen LogP contribution in [0.1, 0.15) is 60.9 Å². The van der Waals surface area contributed by atoms with Crippen LogP contribution in [0.3, 0.4) is 0 Å². The average molecular weight is 721 g/mol. The number of unbranched alkanes of at least 4 members (excludes halogenated alkanes) is 2. The third kappa shape index (κ3) is 11.5. The number of hydrogen-bond acceptors (Lipinski definition) is 17. The number of hydrogen-bond donors (Lipinski definition) is 5. The third-order valence-corrected chi connectivity index (χ3v) is 7.47. The first-order chi connectivity index (χ1) is 24.2. The van der Waals surface area contributed by atoms with Gasteiger partial charge in [0.15, 0.2) is 16.7 Å². The molecule has 50 heavy (non-hydrogen) atoms. The van der Waals surface area contributed by atoms with Gasteiger partial charge in [-0.05, 0) is 52.8 Å². The molecule has 0 radical (unpaired) electrons. The molecule has 0 unspecified atom stereocenters. The summed E-state index contributed by atoms with van der Waals surface area (Å²) in [4.78, 5) is 38.6. The molecular weight excluding hydrogens is 684 g/mol. The van der Waals surface area contributed by atoms with Crippen LogP contribution in [0.25, 0.3) is 22.5 Å². The largest absolute Gasteiger partial charge is 0.511 e. The molecule has 0 fully saturated rings. The van der Waals surface area contributed by atoms with E-state index in [0.29, 0.717) is 30.9 Å². The molecule has 270 valence electrons. The number of nitrogens with zero attached hydrogens (tertiary/aromatic N) is 7. The van der Waals surface area contributed by atoms with Crippen LogP contribution in [0.4, 0.5) is 4.79 Å². The number of aryl methyl sites for hydroxylation is 1. The topological polar surface area (TPSA) is 240 Å². The van der Waals surface area contributed by atoms with Crippen molar-refractivity contribution in [1.29, 1.82) is 0 Å². The highest BCUT2D eigenvalue weighted by Crippen LogP contribution is 2.30. The lowest BCUT2D eigenvalue weighted by Crippen LogP contribution is -2.31. The molecule has 4 rings (SSSR count). The number of carbonyl (C=O) groups excluding carboxylic acids is 2. The lowest BCUT2D eigenvalue weighted by Gasteiger charge is -2.18. The summed E-state index contributed by atoms with van der Waals surface area (Å²) in [5.74, 6) is 0.303. The Morgan fingerprint density at radius 1 is 0.960 bits per heavy atom. The summed E-state index contributed by atoms with van der Waals surface area (Å²) in [6, 6.07) is 15.5. The maximum atomic E-state index is 13.2. The second-order valence-electron chi connectivity index (χ2n) is 10.7. The molecule has 2 aromatic heterocycles. The molecule has 4 aromatic rings. The zero-order valence-electron chi connectivity index (χ0n) is 26.9. The lowest BCUT2D eigenvalue weighted by molar-refractivity contribution is -0.527. The Balaban J connectivity index is 1.32. The SMILES string of the molecule is CCCCc1nc(Cl)c(C(=O)OCOC(=O)OCCCC[C@H](CON(O)O)ON(O)O)n1Cc1ccc(-c2ccccc2-c2nnn[nH]2)cc1. The Bertz CT molecular complexity index is 1640. The fraction of sp³-hybridized carbons (Fsp3) is 0.400. The fourth-order valence-corrected chi connectivity index (χ4v) is 5.14. The molecule has 0 saturated heterocycles. The van der Waals surface area contributed by atoms with Crippen LogP contribution in [-0.4, -0.2) is 100 Å². The zero-order chi connectivity index (χ0) is 35.9. The molecule has 5 N–H and O–H groups in total. The van der Waals surface area contributed by atoms with Crippen molar-refractivity contribution >= 4 is 23.7 Å². The molecule has 19 nitrogen and oxygen atoms in total. The van der Waals surface area contributed by atoms with Crippen molar-refractivity contribution in [3.8, 4) is 22.5 Å². The Morgan fingerprint density at radius 3 is 2.40 bits per heavy atom. The maximum Gasteiger partial charge on any atom is 0.511 e. The van der Waals surface area contributed by atoms with Gasteiger partial charge in [0.25, 0.3) is 0 Å². The number of nitrogens with one attached hydrogen (secondary N) is 1. The first-order valence-electron chi connectivity index (χ1n) is 15.5. The number of carbonyl (C=O) groups is 2. The molecule has 0 aliphatic heterocycles. The quantitative estimate of drug-likeness (QED) is 0.0362. The number of imidazole rings is 1. The van der Waals surface area contributed by atoms with Gasteiger partial charge in [0.2, 0.25) is 6.79 Å². The summed E-state index contributed by atoms with van der Waals surface area (Å²) in [6.45, 7) is 1.05. The number of H-pyrrole nitrogens is 1. The number of tetrazole rings is 1. The number of aromatic nitrogens is 6. The van der Waals surface area contributed by atoms with Crippen LogP contribution in [0.2, 0.25) is 5.15 Å². The van der Waals surface area contributed by atoms with E-state index in [1.54, 1.807) is 4.57 Å². The second-order valence-corrected chi connectivity index (χ2v) is 11.0. The highest BCUT2D eigenvalue weighted by Gasteiger charge is 2.24. The van der Waals surface area contributed by atoms with E-state index in [-0.39, 0.29) is 30.4 Å². The highest BCUT2D eigenvalue weighted by atomic mass is 35.5. The molecule has 0 aliphatic rings. The van der Waals surface area contributed by atoms with Gasteiger partial charge in [-0.15, -0.1) is 5.10 Å². The molecule has 1 atom stereocenters. The summed E-state index contributed by atoms with van der Waals surface area (Å²) in [5.41, 5.74) is 3.59. The summed E-state index contributed by atoms with van der Waals surface area (Å²) in [6.07, 6.45) is 1.04. The molecule has 0 saturated carbocycles. The molecule has 0 bridgehead atoms. The number of rotatable bonds is 20. The van der Waals surface area contributed by atoms with Crippen molar-refractivity contribution in [2.75, 3.05) is 20.0 Å². The van der Waals surface area contributed by atoms with Gasteiger partial charge in [-0.3, -0.25) is 20.8 Å². The van der Waals surface area contributed by atoms with Gasteiger partial charge < -0.3 is 18.8 Å². The molecule has 0 aliphatic carbocycles. The first-order valence-corrected chi connectivity index (χ1v) is 15.8. The number of esters is 1. The predicted octanol–water partition coefficient (Wildman–Crippen LogP) is 4.60. The van der Waals surface area contributed by atoms with Crippen LogP contribution in [0, 0.1) is 0 Å². The third-order valence-electron chi connectivity index (χ3n) is 7.21. The zero-order valence-corrected chi connectivity index (χ0v) is 27.7. The Kier molecular flexibility index (Phi) is 15.0. The average Bonchev–Trinajstić information content (AvgIpc) is 3.74. The summed E-state index contributed by atoms with van der Waals surface area (Å²) < 4.78 is 16.7. The van der Waals surface area contributed by atoms with E-state index in [0.717, 1.165) is 35.1 Å². The van der Waals surface area contributed by atoms with Gasteiger partial charge in [-0.2, -0.15) is 0 Å². The van der Waals surface area contributed by atoms with Crippen LogP contribution < -0.4 is 0 Å². The van der Waals surface area contributed by atoms with Gasteiger partial charge in [0, 0.05) is 18.5 Å². The van der Waals surface area contributed by atoms with Crippen LogP contribution in [-0.2, 0) is 36.9 Å². The number of ether oxygens (including phenoxy) is 3. The second kappa shape index (κ2) is 19.6. The lowest BCUT2D eigenvalue weighted by atomic mass is 9.98. The van der Waals surface area contributed by atoms with E-state index >= 15 is 0 Å². The molecular formula is C30H37ClN8O11. The Hall–Kier alpha value is -4.57. The van der Waals surface area contributed by atoms with Crippen molar-refractivity contribution in [3.05, 3.63) is 70.8 Å².